The molecule has 148 valence electrons. The Bertz CT molecular complexity index is 650. The van der Waals surface area contributed by atoms with Gasteiger partial charge >= 0.3 is 6.18 Å². The number of hydrogen-bond acceptors (Lipinski definition) is 0. The predicted octanol–water partition coefficient (Wildman–Crippen LogP) is 1.81. The third kappa shape index (κ3) is 3.42. The Morgan fingerprint density at radius 3 is 2.00 bits per heavy atom. The number of nitrogens with one attached hydrogen (secondary N) is 2. The van der Waals surface area contributed by atoms with Gasteiger partial charge < -0.3 is 9.80 Å². The van der Waals surface area contributed by atoms with Crippen molar-refractivity contribution in [1.29, 1.82) is 0 Å². The first-order chi connectivity index (χ1) is 13.0. The lowest BCUT2D eigenvalue weighted by Gasteiger charge is -2.55. The second-order valence-electron chi connectivity index (χ2n) is 9.70. The third-order valence-electron chi connectivity index (χ3n) is 8.06. The molecule has 1 aromatic rings. The molecule has 0 radical (unpaired) electrons. The van der Waals surface area contributed by atoms with E-state index in [-0.39, 0.29) is 0 Å². The SMILES string of the molecule is FC(F)(F)c1ccccc1C[NH+]1CC[NH+](C2C3CC4CC(C3)CC2C4)CC1. The van der Waals surface area contributed by atoms with Crippen molar-refractivity contribution < 1.29 is 23.0 Å². The molecule has 2 nitrogen and oxygen atoms in total. The van der Waals surface area contributed by atoms with E-state index in [0.717, 1.165) is 55.9 Å². The first kappa shape index (κ1) is 18.0. The summed E-state index contributed by atoms with van der Waals surface area (Å²) in [6, 6.07) is 6.97. The average Bonchev–Trinajstić information content (AvgIpc) is 2.62. The van der Waals surface area contributed by atoms with E-state index in [0.29, 0.717) is 12.1 Å². The minimum absolute atomic E-state index is 0.451. The normalized spacial score (nSPS) is 41.1. The highest BCUT2D eigenvalue weighted by molar-refractivity contribution is 5.28. The van der Waals surface area contributed by atoms with Crippen molar-refractivity contribution in [2.45, 2.75) is 50.9 Å². The van der Waals surface area contributed by atoms with Gasteiger partial charge in [-0.25, -0.2) is 0 Å². The maximum absolute atomic E-state index is 13.3. The molecule has 5 fully saturated rings. The van der Waals surface area contributed by atoms with Gasteiger partial charge in [0.1, 0.15) is 32.7 Å². The summed E-state index contributed by atoms with van der Waals surface area (Å²) < 4.78 is 39.8. The lowest BCUT2D eigenvalue weighted by atomic mass is 9.54. The zero-order valence-corrected chi connectivity index (χ0v) is 15.9. The van der Waals surface area contributed by atoms with E-state index in [1.165, 1.54) is 49.1 Å². The Labute approximate surface area is 159 Å². The Morgan fingerprint density at radius 1 is 0.815 bits per heavy atom. The summed E-state index contributed by atoms with van der Waals surface area (Å²) in [5, 5.41) is 0. The van der Waals surface area contributed by atoms with E-state index in [1.807, 2.05) is 0 Å². The Kier molecular flexibility index (Phi) is 4.51. The van der Waals surface area contributed by atoms with Crippen molar-refractivity contribution in [2.24, 2.45) is 23.7 Å². The smallest absolute Gasteiger partial charge is 0.323 e. The standard InChI is InChI=1S/C22H29F3N2/c23-22(24,25)20-4-2-1-3-17(20)14-26-5-7-27(8-6-26)21-18-10-15-9-16(12-18)13-19(21)11-15/h1-4,15-16,18-19,21H,5-14H2/p+2. The summed E-state index contributed by atoms with van der Waals surface area (Å²) in [5.41, 5.74) is 0.00591. The first-order valence-corrected chi connectivity index (χ1v) is 10.8. The van der Waals surface area contributed by atoms with Crippen molar-refractivity contribution >= 4 is 0 Å². The van der Waals surface area contributed by atoms with Gasteiger partial charge in [0.05, 0.1) is 11.6 Å². The quantitative estimate of drug-likeness (QED) is 0.792. The van der Waals surface area contributed by atoms with Gasteiger partial charge in [0.2, 0.25) is 0 Å². The molecule has 0 atom stereocenters. The van der Waals surface area contributed by atoms with Gasteiger partial charge in [0.25, 0.3) is 0 Å². The van der Waals surface area contributed by atoms with Crippen LogP contribution in [0.3, 0.4) is 0 Å². The third-order valence-corrected chi connectivity index (χ3v) is 8.06. The number of rotatable bonds is 3. The zero-order chi connectivity index (χ0) is 18.6. The Morgan fingerprint density at radius 2 is 1.41 bits per heavy atom. The van der Waals surface area contributed by atoms with Crippen molar-refractivity contribution in [1.82, 2.24) is 0 Å². The largest absolute Gasteiger partial charge is 0.416 e. The van der Waals surface area contributed by atoms with E-state index in [2.05, 4.69) is 0 Å². The van der Waals surface area contributed by atoms with Crippen LogP contribution < -0.4 is 9.80 Å². The van der Waals surface area contributed by atoms with E-state index >= 15 is 0 Å². The maximum atomic E-state index is 13.3. The summed E-state index contributed by atoms with van der Waals surface area (Å²) in [7, 11) is 0. The van der Waals surface area contributed by atoms with Gasteiger partial charge in [-0.15, -0.1) is 0 Å². The summed E-state index contributed by atoms with van der Waals surface area (Å²) in [6.45, 7) is 4.78. The first-order valence-electron chi connectivity index (χ1n) is 10.8. The van der Waals surface area contributed by atoms with Gasteiger partial charge in [-0.3, -0.25) is 0 Å². The van der Waals surface area contributed by atoms with Crippen molar-refractivity contribution in [3.05, 3.63) is 35.4 Å². The van der Waals surface area contributed by atoms with Crippen LogP contribution in [0.25, 0.3) is 0 Å². The fourth-order valence-electron chi connectivity index (χ4n) is 7.25. The summed E-state index contributed by atoms with van der Waals surface area (Å²) in [4.78, 5) is 3.09. The van der Waals surface area contributed by atoms with Gasteiger partial charge in [0, 0.05) is 17.4 Å². The van der Waals surface area contributed by atoms with Crippen LogP contribution in [0.5, 0.6) is 0 Å². The van der Waals surface area contributed by atoms with Crippen molar-refractivity contribution in [3.63, 3.8) is 0 Å². The number of quaternary nitrogens is 2. The van der Waals surface area contributed by atoms with Crippen LogP contribution in [0.15, 0.2) is 24.3 Å². The Balaban J connectivity index is 1.22. The van der Waals surface area contributed by atoms with Crippen LogP contribution in [0.2, 0.25) is 0 Å². The van der Waals surface area contributed by atoms with Crippen LogP contribution in [0, 0.1) is 23.7 Å². The van der Waals surface area contributed by atoms with Crippen LogP contribution in [-0.2, 0) is 12.7 Å². The second-order valence-corrected chi connectivity index (χ2v) is 9.70. The molecule has 1 heterocycles. The number of halogens is 3. The van der Waals surface area contributed by atoms with E-state index in [9.17, 15) is 13.2 Å². The molecule has 1 aromatic carbocycles. The molecule has 0 spiro atoms. The summed E-state index contributed by atoms with van der Waals surface area (Å²) in [5.74, 6) is 3.88. The molecule has 4 saturated carbocycles. The van der Waals surface area contributed by atoms with Gasteiger partial charge in [-0.2, -0.15) is 13.2 Å². The zero-order valence-electron chi connectivity index (χ0n) is 15.9. The predicted molar refractivity (Wildman–Crippen MR) is 97.4 cm³/mol. The van der Waals surface area contributed by atoms with Crippen LogP contribution in [-0.4, -0.2) is 32.2 Å². The van der Waals surface area contributed by atoms with E-state index < -0.39 is 11.7 Å². The molecular weight excluding hydrogens is 349 g/mol. The van der Waals surface area contributed by atoms with Crippen LogP contribution >= 0.6 is 0 Å². The molecule has 4 bridgehead atoms. The molecule has 0 unspecified atom stereocenters. The molecule has 6 rings (SSSR count). The lowest BCUT2D eigenvalue weighted by Crippen LogP contribution is -3.30. The van der Waals surface area contributed by atoms with Crippen LogP contribution in [0.4, 0.5) is 13.2 Å². The topological polar surface area (TPSA) is 8.88 Å². The second kappa shape index (κ2) is 6.77. The number of alkyl halides is 3. The number of hydrogen-bond donors (Lipinski definition) is 2. The summed E-state index contributed by atoms with van der Waals surface area (Å²) in [6.07, 6.45) is 3.07. The lowest BCUT2D eigenvalue weighted by molar-refractivity contribution is -1.03. The summed E-state index contributed by atoms with van der Waals surface area (Å²) >= 11 is 0. The van der Waals surface area contributed by atoms with Gasteiger partial charge in [-0.1, -0.05) is 18.2 Å². The van der Waals surface area contributed by atoms with Crippen molar-refractivity contribution in [3.8, 4) is 0 Å². The molecule has 2 N–H and O–H groups in total. The highest BCUT2D eigenvalue weighted by Gasteiger charge is 2.52. The number of piperazine rings is 1. The van der Waals surface area contributed by atoms with Gasteiger partial charge in [-0.05, 0) is 50.0 Å². The monoisotopic (exact) mass is 380 g/mol. The minimum Gasteiger partial charge on any atom is -0.323 e. The molecule has 0 amide bonds. The molecule has 4 aliphatic carbocycles. The maximum Gasteiger partial charge on any atom is 0.416 e. The molecule has 1 aliphatic heterocycles. The van der Waals surface area contributed by atoms with Crippen molar-refractivity contribution in [2.75, 3.05) is 26.2 Å². The Hall–Kier alpha value is -1.07. The molecule has 27 heavy (non-hydrogen) atoms. The molecule has 5 heteroatoms. The fraction of sp³-hybridized carbons (Fsp3) is 0.727. The average molecular weight is 380 g/mol. The van der Waals surface area contributed by atoms with E-state index in [1.54, 1.807) is 17.0 Å². The van der Waals surface area contributed by atoms with Gasteiger partial charge in [0.15, 0.2) is 0 Å². The van der Waals surface area contributed by atoms with E-state index in [4.69, 9.17) is 0 Å². The molecule has 1 saturated heterocycles. The fourth-order valence-corrected chi connectivity index (χ4v) is 7.25. The highest BCUT2D eigenvalue weighted by Crippen LogP contribution is 2.52. The molecule has 5 aliphatic rings. The molecular formula is C22H31F3N2+2. The number of benzene rings is 1. The minimum atomic E-state index is -4.25. The molecule has 0 aromatic heterocycles. The highest BCUT2D eigenvalue weighted by atomic mass is 19.4. The van der Waals surface area contributed by atoms with Crippen LogP contribution in [0.1, 0.15) is 43.2 Å².